The van der Waals surface area contributed by atoms with E-state index >= 15 is 0 Å². The molecule has 0 N–H and O–H groups in total. The van der Waals surface area contributed by atoms with Crippen molar-refractivity contribution < 1.29 is 0 Å². The molecule has 0 unspecified atom stereocenters. The largest absolute Gasteiger partial charge is 0.312 e. The predicted octanol–water partition coefficient (Wildman–Crippen LogP) is 6.26. The molecule has 1 nitrogen and oxygen atoms in total. The maximum Gasteiger partial charge on any atom is 0.00313 e. The number of unbranched alkanes of at least 4 members (excludes halogenated alkanes) is 11. The smallest absolute Gasteiger partial charge is 0.00313 e. The van der Waals surface area contributed by atoms with Gasteiger partial charge in [-0.3, -0.25) is 0 Å². The molecule has 0 aromatic heterocycles. The second-order valence-electron chi connectivity index (χ2n) is 5.92. The summed E-state index contributed by atoms with van der Waals surface area (Å²) in [6.07, 6.45) is 17.3. The van der Waals surface area contributed by atoms with E-state index in [0.717, 1.165) is 0 Å². The molecule has 0 aliphatic carbocycles. The molecule has 0 saturated carbocycles. The van der Waals surface area contributed by atoms with E-state index in [2.05, 4.69) is 22.9 Å². The minimum Gasteiger partial charge on any atom is -0.312 e. The van der Waals surface area contributed by atoms with Crippen molar-refractivity contribution in [3.8, 4) is 0 Å². The third-order valence-corrected chi connectivity index (χ3v) is 3.55. The normalized spacial score (nSPS) is 10.4. The van der Waals surface area contributed by atoms with Crippen LogP contribution in [0.1, 0.15) is 84.0 Å². The molecule has 0 amide bonds. The average Bonchev–Trinajstić information content (AvgIpc) is 2.35. The van der Waals surface area contributed by atoms with Gasteiger partial charge in [-0.2, -0.15) is 0 Å². The van der Waals surface area contributed by atoms with E-state index in [1.165, 1.54) is 82.4 Å². The highest BCUT2D eigenvalue weighted by molar-refractivity contribution is 9.09. The summed E-state index contributed by atoms with van der Waals surface area (Å²) in [4.78, 5) is 2.00. The molecule has 2 heteroatoms. The van der Waals surface area contributed by atoms with Crippen LogP contribution in [-0.2, 0) is 0 Å². The van der Waals surface area contributed by atoms with Gasteiger partial charge in [0, 0.05) is 5.33 Å². The van der Waals surface area contributed by atoms with Gasteiger partial charge in [0.1, 0.15) is 0 Å². The Balaban J connectivity index is 0. The van der Waals surface area contributed by atoms with Crippen LogP contribution >= 0.6 is 15.9 Å². The van der Waals surface area contributed by atoms with Gasteiger partial charge in [-0.1, -0.05) is 93.5 Å². The molecule has 0 rings (SSSR count). The van der Waals surface area contributed by atoms with Crippen LogP contribution in [0.5, 0.6) is 0 Å². The molecular weight excluding hydrogens is 298 g/mol. The number of hydrogen-bond acceptors (Lipinski definition) is 1. The molecule has 0 bridgehead atoms. The fourth-order valence-corrected chi connectivity index (χ4v) is 2.33. The maximum atomic E-state index is 3.47. The number of halogens is 1. The number of hydrogen-bond donors (Lipinski definition) is 0. The van der Waals surface area contributed by atoms with Crippen molar-refractivity contribution in [2.24, 2.45) is 0 Å². The summed E-state index contributed by atoms with van der Waals surface area (Å²) in [5.41, 5.74) is 0. The van der Waals surface area contributed by atoms with E-state index in [1.54, 1.807) is 0 Å². The summed E-state index contributed by atoms with van der Waals surface area (Å²) >= 11 is 3.47. The van der Waals surface area contributed by atoms with Crippen LogP contribution in [0.15, 0.2) is 0 Å². The van der Waals surface area contributed by atoms with Gasteiger partial charge in [-0.25, -0.2) is 0 Å². The Bertz CT molecular complexity index is 122. The molecule has 0 spiro atoms. The summed E-state index contributed by atoms with van der Waals surface area (Å²) in [6, 6.07) is 0. The first-order valence-electron chi connectivity index (χ1n) is 8.32. The fourth-order valence-electron chi connectivity index (χ4n) is 1.94. The first-order valence-corrected chi connectivity index (χ1v) is 9.44. The molecule has 0 saturated heterocycles. The summed E-state index contributed by atoms with van der Waals surface area (Å²) in [7, 11) is 6.00. The Hall–Kier alpha value is 0.440. The molecule has 0 radical (unpaired) electrons. The van der Waals surface area contributed by atoms with Gasteiger partial charge in [0.15, 0.2) is 0 Å². The third-order valence-electron chi connectivity index (χ3n) is 2.99. The van der Waals surface area contributed by atoms with E-state index in [9.17, 15) is 0 Å². The number of nitrogens with zero attached hydrogens (tertiary/aromatic N) is 1. The van der Waals surface area contributed by atoms with E-state index in [0.29, 0.717) is 0 Å². The summed E-state index contributed by atoms with van der Waals surface area (Å²) < 4.78 is 0. The van der Waals surface area contributed by atoms with Crippen LogP contribution in [0.3, 0.4) is 0 Å². The highest BCUT2D eigenvalue weighted by Gasteiger charge is 1.92. The average molecular weight is 336 g/mol. The third kappa shape index (κ3) is 32.2. The first-order chi connectivity index (χ1) is 9.15. The van der Waals surface area contributed by atoms with Crippen LogP contribution in [0.4, 0.5) is 0 Å². The Morgan fingerprint density at radius 1 is 0.579 bits per heavy atom. The van der Waals surface area contributed by atoms with Gasteiger partial charge < -0.3 is 4.90 Å². The quantitative estimate of drug-likeness (QED) is 0.300. The molecule has 118 valence electrons. The van der Waals surface area contributed by atoms with Gasteiger partial charge in [-0.05, 0) is 27.6 Å². The maximum absolute atomic E-state index is 3.47. The van der Waals surface area contributed by atoms with E-state index in [-0.39, 0.29) is 0 Å². The lowest BCUT2D eigenvalue weighted by Gasteiger charge is -2.01. The van der Waals surface area contributed by atoms with E-state index < -0.39 is 0 Å². The molecule has 19 heavy (non-hydrogen) atoms. The Labute approximate surface area is 131 Å². The van der Waals surface area contributed by atoms with Crippen molar-refractivity contribution in [2.75, 3.05) is 26.5 Å². The summed E-state index contributed by atoms with van der Waals surface area (Å²) in [6.45, 7) is 2.28. The monoisotopic (exact) mass is 335 g/mol. The molecule has 0 aliphatic rings. The first kappa shape index (κ1) is 21.7. The van der Waals surface area contributed by atoms with Crippen molar-refractivity contribution in [1.82, 2.24) is 4.90 Å². The van der Waals surface area contributed by atoms with Crippen molar-refractivity contribution in [1.29, 1.82) is 0 Å². The van der Waals surface area contributed by atoms with Crippen LogP contribution in [0, 0.1) is 0 Å². The Morgan fingerprint density at radius 3 is 1.11 bits per heavy atom. The highest BCUT2D eigenvalue weighted by atomic mass is 79.9. The van der Waals surface area contributed by atoms with Gasteiger partial charge in [0.25, 0.3) is 0 Å². The van der Waals surface area contributed by atoms with Crippen LogP contribution in [-0.4, -0.2) is 31.4 Å². The molecule has 0 heterocycles. The number of rotatable bonds is 12. The lowest BCUT2D eigenvalue weighted by molar-refractivity contribution is 0.505. The zero-order valence-electron chi connectivity index (χ0n) is 14.0. The fraction of sp³-hybridized carbons (Fsp3) is 1.00. The van der Waals surface area contributed by atoms with Crippen LogP contribution in [0.25, 0.3) is 0 Å². The summed E-state index contributed by atoms with van der Waals surface area (Å²) in [5, 5.41) is 1.18. The predicted molar refractivity (Wildman–Crippen MR) is 94.5 cm³/mol. The van der Waals surface area contributed by atoms with Crippen molar-refractivity contribution >= 4 is 15.9 Å². The van der Waals surface area contributed by atoms with Crippen LogP contribution in [0.2, 0.25) is 0 Å². The highest BCUT2D eigenvalue weighted by Crippen LogP contribution is 2.11. The van der Waals surface area contributed by atoms with Gasteiger partial charge in [-0.15, -0.1) is 0 Å². The molecule has 0 aromatic carbocycles. The van der Waals surface area contributed by atoms with Crippen molar-refractivity contribution in [2.45, 2.75) is 84.0 Å². The molecular formula is C17H38BrN. The second kappa shape index (κ2) is 20.8. The SMILES string of the molecule is CCCCCCCCCCCCCCBr.CN(C)C. The Morgan fingerprint density at radius 2 is 0.842 bits per heavy atom. The van der Waals surface area contributed by atoms with Crippen LogP contribution < -0.4 is 0 Å². The van der Waals surface area contributed by atoms with Gasteiger partial charge >= 0.3 is 0 Å². The topological polar surface area (TPSA) is 3.24 Å². The van der Waals surface area contributed by atoms with E-state index in [1.807, 2.05) is 26.0 Å². The molecule has 0 atom stereocenters. The summed E-state index contributed by atoms with van der Waals surface area (Å²) in [5.74, 6) is 0. The lowest BCUT2D eigenvalue weighted by Crippen LogP contribution is -1.99. The van der Waals surface area contributed by atoms with Crippen molar-refractivity contribution in [3.05, 3.63) is 0 Å². The zero-order chi connectivity index (χ0) is 14.8. The van der Waals surface area contributed by atoms with Gasteiger partial charge in [0.05, 0.1) is 0 Å². The minimum absolute atomic E-state index is 1.18. The molecule has 0 aliphatic heterocycles. The molecule has 0 aromatic rings. The Kier molecular flexibility index (Phi) is 23.7. The number of alkyl halides is 1. The standard InChI is InChI=1S/C14H29Br.C3H9N/c1-2-3-4-5-6-7-8-9-10-11-12-13-14-15;1-4(2)3/h2-14H2,1H3;1-3H3. The molecule has 0 fully saturated rings. The second-order valence-corrected chi connectivity index (χ2v) is 6.71. The lowest BCUT2D eigenvalue weighted by atomic mass is 10.1. The minimum atomic E-state index is 1.18. The van der Waals surface area contributed by atoms with E-state index in [4.69, 9.17) is 0 Å². The van der Waals surface area contributed by atoms with Gasteiger partial charge in [0.2, 0.25) is 0 Å². The van der Waals surface area contributed by atoms with Crippen molar-refractivity contribution in [3.63, 3.8) is 0 Å². The zero-order valence-corrected chi connectivity index (χ0v) is 15.6.